The van der Waals surface area contributed by atoms with Gasteiger partial charge in [0.25, 0.3) is 11.6 Å². The molecule has 6 nitrogen and oxygen atoms in total. The van der Waals surface area contributed by atoms with E-state index in [0.29, 0.717) is 22.8 Å². The third kappa shape index (κ3) is 4.29. The summed E-state index contributed by atoms with van der Waals surface area (Å²) >= 11 is 1.13. The van der Waals surface area contributed by atoms with E-state index in [-0.39, 0.29) is 24.0 Å². The zero-order valence-corrected chi connectivity index (χ0v) is 11.1. The third-order valence-electron chi connectivity index (χ3n) is 1.97. The van der Waals surface area contributed by atoms with E-state index < -0.39 is 4.92 Å². The van der Waals surface area contributed by atoms with Gasteiger partial charge in [0.2, 0.25) is 0 Å². The molecule has 1 heterocycles. The fourth-order valence-electron chi connectivity index (χ4n) is 1.15. The molecular weight excluding hydrogens is 266 g/mol. The lowest BCUT2D eigenvalue weighted by molar-refractivity contribution is -0.385. The lowest BCUT2D eigenvalue weighted by Gasteiger charge is -2.01. The molecule has 96 valence electrons. The van der Waals surface area contributed by atoms with Gasteiger partial charge in [-0.25, -0.2) is 0 Å². The molecule has 0 aromatic carbocycles. The van der Waals surface area contributed by atoms with Gasteiger partial charge in [0.05, 0.1) is 14.7 Å². The van der Waals surface area contributed by atoms with Crippen LogP contribution in [0.25, 0.3) is 0 Å². The second kappa shape index (κ2) is 7.21. The standard InChI is InChI=1S/C9H13N3O3S.ClH/c1-6-7(12(14)15)5-8(16-6)9(13)11-4-3-10-2;/h5,10H,3-4H2,1-2H3,(H,11,13);1H. The van der Waals surface area contributed by atoms with Gasteiger partial charge >= 0.3 is 0 Å². The predicted molar refractivity (Wildman–Crippen MR) is 69.2 cm³/mol. The van der Waals surface area contributed by atoms with Crippen molar-refractivity contribution in [2.45, 2.75) is 6.92 Å². The van der Waals surface area contributed by atoms with Gasteiger partial charge in [0.15, 0.2) is 0 Å². The highest BCUT2D eigenvalue weighted by Gasteiger charge is 2.18. The zero-order valence-electron chi connectivity index (χ0n) is 9.48. The molecule has 0 aliphatic heterocycles. The lowest BCUT2D eigenvalue weighted by atomic mass is 10.3. The average Bonchev–Trinajstić information content (AvgIpc) is 2.60. The maximum atomic E-state index is 11.6. The summed E-state index contributed by atoms with van der Waals surface area (Å²) in [5.74, 6) is -0.267. The van der Waals surface area contributed by atoms with Crippen LogP contribution >= 0.6 is 23.7 Å². The van der Waals surface area contributed by atoms with Gasteiger partial charge in [-0.3, -0.25) is 14.9 Å². The number of nitrogens with one attached hydrogen (secondary N) is 2. The maximum absolute atomic E-state index is 11.6. The Labute approximate surface area is 109 Å². The Hall–Kier alpha value is -1.18. The number of likely N-dealkylation sites (N-methyl/N-ethyl adjacent to an activating group) is 1. The van der Waals surface area contributed by atoms with E-state index in [2.05, 4.69) is 10.6 Å². The van der Waals surface area contributed by atoms with E-state index in [0.717, 1.165) is 11.3 Å². The summed E-state index contributed by atoms with van der Waals surface area (Å²) in [7, 11) is 1.78. The molecule has 0 saturated carbocycles. The Bertz CT molecular complexity index is 408. The van der Waals surface area contributed by atoms with E-state index in [9.17, 15) is 14.9 Å². The molecule has 0 aliphatic rings. The molecule has 0 fully saturated rings. The average molecular weight is 280 g/mol. The summed E-state index contributed by atoms with van der Waals surface area (Å²) in [6.07, 6.45) is 0. The van der Waals surface area contributed by atoms with Crippen LogP contribution in [0.1, 0.15) is 14.5 Å². The molecule has 0 aliphatic carbocycles. The molecule has 2 N–H and O–H groups in total. The Kier molecular flexibility index (Phi) is 6.71. The minimum atomic E-state index is -0.476. The maximum Gasteiger partial charge on any atom is 0.283 e. The second-order valence-corrected chi connectivity index (χ2v) is 4.42. The Morgan fingerprint density at radius 1 is 1.53 bits per heavy atom. The summed E-state index contributed by atoms with van der Waals surface area (Å²) < 4.78 is 0. The van der Waals surface area contributed by atoms with Gasteiger partial charge < -0.3 is 10.6 Å². The summed E-state index contributed by atoms with van der Waals surface area (Å²) in [5.41, 5.74) is 0.00349. The third-order valence-corrected chi connectivity index (χ3v) is 3.01. The Morgan fingerprint density at radius 2 is 2.18 bits per heavy atom. The normalized spacial score (nSPS) is 9.53. The molecule has 17 heavy (non-hydrogen) atoms. The predicted octanol–water partition coefficient (Wildman–Crippen LogP) is 1.34. The van der Waals surface area contributed by atoms with Crippen molar-refractivity contribution in [2.24, 2.45) is 0 Å². The summed E-state index contributed by atoms with van der Waals surface area (Å²) in [6, 6.07) is 1.31. The number of thiophene rings is 1. The molecule has 0 saturated heterocycles. The molecule has 0 atom stereocenters. The van der Waals surface area contributed by atoms with Gasteiger partial charge in [-0.05, 0) is 14.0 Å². The van der Waals surface area contributed by atoms with Gasteiger partial charge in [-0.15, -0.1) is 23.7 Å². The molecule has 1 aromatic heterocycles. The first-order chi connectivity index (χ1) is 7.56. The molecular formula is C9H14ClN3O3S. The van der Waals surface area contributed by atoms with Gasteiger partial charge in [-0.1, -0.05) is 0 Å². The number of nitrogens with zero attached hydrogens (tertiary/aromatic N) is 1. The topological polar surface area (TPSA) is 84.3 Å². The largest absolute Gasteiger partial charge is 0.350 e. The number of nitro groups is 1. The van der Waals surface area contributed by atoms with Crippen LogP contribution in [0.3, 0.4) is 0 Å². The first-order valence-corrected chi connectivity index (χ1v) is 5.55. The van der Waals surface area contributed by atoms with Crippen molar-refractivity contribution in [1.29, 1.82) is 0 Å². The summed E-state index contributed by atoms with van der Waals surface area (Å²) in [5, 5.41) is 16.1. The smallest absolute Gasteiger partial charge is 0.283 e. The minimum absolute atomic E-state index is 0. The number of hydrogen-bond donors (Lipinski definition) is 2. The van der Waals surface area contributed by atoms with E-state index in [1.807, 2.05) is 0 Å². The van der Waals surface area contributed by atoms with E-state index >= 15 is 0 Å². The molecule has 8 heteroatoms. The molecule has 1 aromatic rings. The van der Waals surface area contributed by atoms with E-state index in [1.165, 1.54) is 6.07 Å². The molecule has 1 amide bonds. The van der Waals surface area contributed by atoms with Crippen LogP contribution in [0, 0.1) is 17.0 Å². The number of carbonyl (C=O) groups excluding carboxylic acids is 1. The van der Waals surface area contributed by atoms with Crippen molar-refractivity contribution in [1.82, 2.24) is 10.6 Å². The van der Waals surface area contributed by atoms with Gasteiger partial charge in [0.1, 0.15) is 0 Å². The lowest BCUT2D eigenvalue weighted by Crippen LogP contribution is -2.29. The van der Waals surface area contributed by atoms with Crippen molar-refractivity contribution in [3.8, 4) is 0 Å². The van der Waals surface area contributed by atoms with Crippen molar-refractivity contribution < 1.29 is 9.72 Å². The second-order valence-electron chi connectivity index (χ2n) is 3.17. The van der Waals surface area contributed by atoms with Crippen LogP contribution in [0.4, 0.5) is 5.69 Å². The van der Waals surface area contributed by atoms with Crippen LogP contribution in [-0.2, 0) is 0 Å². The number of halogens is 1. The monoisotopic (exact) mass is 279 g/mol. The fraction of sp³-hybridized carbons (Fsp3) is 0.444. The Balaban J connectivity index is 0.00000256. The summed E-state index contributed by atoms with van der Waals surface area (Å²) in [4.78, 5) is 22.6. The first-order valence-electron chi connectivity index (χ1n) is 4.74. The highest BCUT2D eigenvalue weighted by atomic mass is 35.5. The fourth-order valence-corrected chi connectivity index (χ4v) is 2.06. The zero-order chi connectivity index (χ0) is 12.1. The van der Waals surface area contributed by atoms with Crippen molar-refractivity contribution >= 4 is 35.3 Å². The SMILES string of the molecule is CNCCNC(=O)c1cc([N+](=O)[O-])c(C)s1.Cl. The number of amides is 1. The molecule has 0 bridgehead atoms. The molecule has 0 spiro atoms. The van der Waals surface area contributed by atoms with Crippen LogP contribution in [0.2, 0.25) is 0 Å². The van der Waals surface area contributed by atoms with Crippen molar-refractivity contribution in [3.63, 3.8) is 0 Å². The van der Waals surface area contributed by atoms with Crippen LogP contribution < -0.4 is 10.6 Å². The highest BCUT2D eigenvalue weighted by Crippen LogP contribution is 2.27. The van der Waals surface area contributed by atoms with Crippen molar-refractivity contribution in [2.75, 3.05) is 20.1 Å². The van der Waals surface area contributed by atoms with E-state index in [4.69, 9.17) is 0 Å². The number of rotatable bonds is 5. The number of aryl methyl sites for hydroxylation is 1. The van der Waals surface area contributed by atoms with Crippen LogP contribution in [0.5, 0.6) is 0 Å². The molecule has 0 radical (unpaired) electrons. The van der Waals surface area contributed by atoms with E-state index in [1.54, 1.807) is 14.0 Å². The summed E-state index contributed by atoms with van der Waals surface area (Å²) in [6.45, 7) is 2.80. The quantitative estimate of drug-likeness (QED) is 0.484. The number of carbonyl (C=O) groups is 1. The molecule has 1 rings (SSSR count). The van der Waals surface area contributed by atoms with Crippen LogP contribution in [-0.4, -0.2) is 31.0 Å². The van der Waals surface area contributed by atoms with Gasteiger partial charge in [-0.2, -0.15) is 0 Å². The minimum Gasteiger partial charge on any atom is -0.350 e. The Morgan fingerprint density at radius 3 is 2.65 bits per heavy atom. The first kappa shape index (κ1) is 15.8. The highest BCUT2D eigenvalue weighted by molar-refractivity contribution is 7.14. The number of hydrogen-bond acceptors (Lipinski definition) is 5. The van der Waals surface area contributed by atoms with Crippen LogP contribution in [0.15, 0.2) is 6.07 Å². The molecule has 0 unspecified atom stereocenters. The van der Waals surface area contributed by atoms with Gasteiger partial charge in [0, 0.05) is 19.2 Å². The van der Waals surface area contributed by atoms with Crippen molar-refractivity contribution in [3.05, 3.63) is 25.9 Å².